The predicted molar refractivity (Wildman–Crippen MR) is 112 cm³/mol. The Morgan fingerprint density at radius 3 is 2.71 bits per heavy atom. The second-order valence-electron chi connectivity index (χ2n) is 6.84. The molecule has 28 heavy (non-hydrogen) atoms. The lowest BCUT2D eigenvalue weighted by molar-refractivity contribution is 0.103. The lowest BCUT2D eigenvalue weighted by Crippen LogP contribution is -2.13. The van der Waals surface area contributed by atoms with Crippen LogP contribution < -0.4 is 24.8 Å². The van der Waals surface area contributed by atoms with E-state index in [0.717, 1.165) is 17.7 Å². The Labute approximate surface area is 165 Å². The van der Waals surface area contributed by atoms with Crippen molar-refractivity contribution in [1.82, 2.24) is 0 Å². The number of fused-ring (bicyclic) bond motifs is 1. The number of hydrogen-bond acceptors (Lipinski definition) is 6. The van der Waals surface area contributed by atoms with Crippen molar-refractivity contribution in [2.45, 2.75) is 19.8 Å². The maximum absolute atomic E-state index is 13.2. The van der Waals surface area contributed by atoms with Gasteiger partial charge in [0.05, 0.1) is 18.5 Å². The zero-order valence-corrected chi connectivity index (χ0v) is 16.7. The number of anilines is 2. The Balaban J connectivity index is 2.03. The summed E-state index contributed by atoms with van der Waals surface area (Å²) in [6, 6.07) is 9.08. The smallest absolute Gasteiger partial charge is 0.231 e. The number of ketones is 1. The van der Waals surface area contributed by atoms with Gasteiger partial charge in [0, 0.05) is 30.8 Å². The zero-order valence-electron chi connectivity index (χ0n) is 16.7. The van der Waals surface area contributed by atoms with Gasteiger partial charge in [-0.1, -0.05) is 13.3 Å². The van der Waals surface area contributed by atoms with Crippen LogP contribution in [0.3, 0.4) is 0 Å². The van der Waals surface area contributed by atoms with Crippen molar-refractivity contribution in [3.8, 4) is 17.2 Å². The molecule has 148 valence electrons. The van der Waals surface area contributed by atoms with Crippen molar-refractivity contribution in [2.24, 2.45) is 0 Å². The average Bonchev–Trinajstić information content (AvgIpc) is 3.16. The van der Waals surface area contributed by atoms with Gasteiger partial charge in [0.1, 0.15) is 0 Å². The molecule has 0 amide bonds. The van der Waals surface area contributed by atoms with Crippen LogP contribution >= 0.6 is 0 Å². The molecule has 2 aromatic carbocycles. The minimum absolute atomic E-state index is 0.0235. The first-order valence-electron chi connectivity index (χ1n) is 9.25. The molecule has 2 aromatic rings. The molecule has 0 saturated heterocycles. The minimum Gasteiger partial charge on any atom is -0.492 e. The highest BCUT2D eigenvalue weighted by Crippen LogP contribution is 2.44. The van der Waals surface area contributed by atoms with Crippen molar-refractivity contribution in [3.05, 3.63) is 47.0 Å². The van der Waals surface area contributed by atoms with E-state index in [9.17, 15) is 4.79 Å². The Morgan fingerprint density at radius 2 is 2.04 bits per heavy atom. The van der Waals surface area contributed by atoms with E-state index in [1.807, 2.05) is 50.2 Å². The number of carbonyl (C=O) groups is 1. The average molecular weight is 382 g/mol. The van der Waals surface area contributed by atoms with E-state index in [-0.39, 0.29) is 12.6 Å². The summed E-state index contributed by atoms with van der Waals surface area (Å²) in [6.45, 7) is 2.21. The minimum atomic E-state index is -0.0235. The summed E-state index contributed by atoms with van der Waals surface area (Å²) in [4.78, 5) is 15.1. The topological polar surface area (TPSA) is 74.0 Å². The Morgan fingerprint density at radius 1 is 1.25 bits per heavy atom. The fourth-order valence-electron chi connectivity index (χ4n) is 3.25. The van der Waals surface area contributed by atoms with Gasteiger partial charge in [-0.15, -0.1) is 0 Å². The predicted octanol–water partition coefficient (Wildman–Crippen LogP) is 4.14. The van der Waals surface area contributed by atoms with Gasteiger partial charge in [0.15, 0.2) is 17.3 Å². The number of ether oxygens (including phenoxy) is 3. The number of benzene rings is 2. The highest BCUT2D eigenvalue weighted by Gasteiger charge is 2.22. The second kappa shape index (κ2) is 8.25. The van der Waals surface area contributed by atoms with Gasteiger partial charge in [-0.05, 0) is 42.8 Å². The molecule has 2 N–H and O–H groups in total. The van der Waals surface area contributed by atoms with E-state index in [4.69, 9.17) is 19.9 Å². The summed E-state index contributed by atoms with van der Waals surface area (Å²) in [5, 5.41) is 0. The van der Waals surface area contributed by atoms with Gasteiger partial charge in [-0.25, -0.2) is 0 Å². The molecule has 0 fully saturated rings. The molecular formula is C22H26N2O4. The Kier molecular flexibility index (Phi) is 5.78. The van der Waals surface area contributed by atoms with E-state index in [2.05, 4.69) is 0 Å². The summed E-state index contributed by atoms with van der Waals surface area (Å²) >= 11 is 0. The molecule has 0 saturated carbocycles. The third-order valence-electron chi connectivity index (χ3n) is 4.64. The Bertz CT molecular complexity index is 919. The van der Waals surface area contributed by atoms with E-state index >= 15 is 0 Å². The fourth-order valence-corrected chi connectivity index (χ4v) is 3.25. The van der Waals surface area contributed by atoms with E-state index in [1.54, 1.807) is 19.2 Å². The molecule has 0 bridgehead atoms. The molecule has 0 radical (unpaired) electrons. The van der Waals surface area contributed by atoms with Crippen LogP contribution in [0.1, 0.15) is 35.7 Å². The number of Topliss-reactive ketones (excluding diaryl/α,β-unsaturated/α-hetero) is 1. The summed E-state index contributed by atoms with van der Waals surface area (Å²) in [5.41, 5.74) is 9.59. The molecule has 0 aromatic heterocycles. The number of allylic oxidation sites excluding steroid dienone is 1. The maximum atomic E-state index is 13.2. The maximum Gasteiger partial charge on any atom is 0.231 e. The van der Waals surface area contributed by atoms with Gasteiger partial charge in [-0.2, -0.15) is 0 Å². The highest BCUT2D eigenvalue weighted by molar-refractivity contribution is 6.12. The van der Waals surface area contributed by atoms with Crippen LogP contribution in [0, 0.1) is 0 Å². The SMILES string of the molecule is CCC/C(=C\c1ccc2c(c1OC)OCO2)C(=O)c1ccc(N)c(N(C)C)c1. The van der Waals surface area contributed by atoms with Gasteiger partial charge in [-0.3, -0.25) is 4.79 Å². The third-order valence-corrected chi connectivity index (χ3v) is 4.64. The number of methoxy groups -OCH3 is 1. The molecule has 6 nitrogen and oxygen atoms in total. The van der Waals surface area contributed by atoms with Crippen molar-refractivity contribution >= 4 is 23.2 Å². The van der Waals surface area contributed by atoms with Crippen LogP contribution in [0.25, 0.3) is 6.08 Å². The van der Waals surface area contributed by atoms with Gasteiger partial charge in [0.2, 0.25) is 12.5 Å². The van der Waals surface area contributed by atoms with Crippen LogP contribution in [0.5, 0.6) is 17.2 Å². The van der Waals surface area contributed by atoms with Crippen LogP contribution in [0.4, 0.5) is 11.4 Å². The summed E-state index contributed by atoms with van der Waals surface area (Å²) in [6.07, 6.45) is 3.37. The first-order valence-corrected chi connectivity index (χ1v) is 9.25. The lowest BCUT2D eigenvalue weighted by Gasteiger charge is -2.17. The third kappa shape index (κ3) is 3.76. The van der Waals surface area contributed by atoms with Crippen LogP contribution in [0.15, 0.2) is 35.9 Å². The van der Waals surface area contributed by atoms with E-state index in [0.29, 0.717) is 40.5 Å². The fraction of sp³-hybridized carbons (Fsp3) is 0.318. The van der Waals surface area contributed by atoms with Gasteiger partial charge < -0.3 is 24.8 Å². The number of nitrogen functional groups attached to an aromatic ring is 1. The molecule has 0 unspecified atom stereocenters. The van der Waals surface area contributed by atoms with Crippen LogP contribution in [0.2, 0.25) is 0 Å². The quantitative estimate of drug-likeness (QED) is 0.441. The van der Waals surface area contributed by atoms with Crippen LogP contribution in [-0.2, 0) is 0 Å². The zero-order chi connectivity index (χ0) is 20.3. The molecule has 0 aliphatic carbocycles. The largest absolute Gasteiger partial charge is 0.492 e. The molecule has 0 atom stereocenters. The van der Waals surface area contributed by atoms with Crippen molar-refractivity contribution in [3.63, 3.8) is 0 Å². The van der Waals surface area contributed by atoms with Crippen molar-refractivity contribution in [2.75, 3.05) is 38.6 Å². The van der Waals surface area contributed by atoms with Crippen LogP contribution in [-0.4, -0.2) is 33.8 Å². The number of nitrogens with zero attached hydrogens (tertiary/aromatic N) is 1. The number of carbonyl (C=O) groups excluding carboxylic acids is 1. The Hall–Kier alpha value is -3.15. The summed E-state index contributed by atoms with van der Waals surface area (Å²) in [7, 11) is 5.39. The monoisotopic (exact) mass is 382 g/mol. The number of hydrogen-bond donors (Lipinski definition) is 1. The summed E-state index contributed by atoms with van der Waals surface area (Å²) in [5.74, 6) is 1.76. The molecule has 1 aliphatic rings. The molecular weight excluding hydrogens is 356 g/mol. The van der Waals surface area contributed by atoms with Gasteiger partial charge >= 0.3 is 0 Å². The van der Waals surface area contributed by atoms with Crippen molar-refractivity contribution < 1.29 is 19.0 Å². The standard InChI is InChI=1S/C22H26N2O4/c1-5-6-14(20(25)15-7-9-17(23)18(12-15)24(2)3)11-16-8-10-19-22(21(16)26-4)28-13-27-19/h7-12H,5-6,13,23H2,1-4H3/b14-11+. The van der Waals surface area contributed by atoms with E-state index < -0.39 is 0 Å². The molecule has 3 rings (SSSR count). The number of rotatable bonds is 7. The van der Waals surface area contributed by atoms with E-state index in [1.165, 1.54) is 0 Å². The highest BCUT2D eigenvalue weighted by atomic mass is 16.7. The molecule has 0 spiro atoms. The first kappa shape index (κ1) is 19.6. The summed E-state index contributed by atoms with van der Waals surface area (Å²) < 4.78 is 16.5. The molecule has 1 aliphatic heterocycles. The molecule has 1 heterocycles. The molecule has 6 heteroatoms. The van der Waals surface area contributed by atoms with Crippen molar-refractivity contribution in [1.29, 1.82) is 0 Å². The number of nitrogens with two attached hydrogens (primary N) is 1. The van der Waals surface area contributed by atoms with Gasteiger partial charge in [0.25, 0.3) is 0 Å². The second-order valence-corrected chi connectivity index (χ2v) is 6.84. The lowest BCUT2D eigenvalue weighted by atomic mass is 9.96. The normalized spacial score (nSPS) is 12.8. The first-order chi connectivity index (χ1) is 13.5.